The normalized spacial score (nSPS) is 26.9. The third-order valence-electron chi connectivity index (χ3n) is 10.9. The van der Waals surface area contributed by atoms with Gasteiger partial charge in [0.2, 0.25) is 11.8 Å². The number of anilines is 2. The smallest absolute Gasteiger partial charge is 0.433 e. The summed E-state index contributed by atoms with van der Waals surface area (Å²) < 4.78 is 60.1. The number of amides is 4. The van der Waals surface area contributed by atoms with E-state index in [1.807, 2.05) is 0 Å². The van der Waals surface area contributed by atoms with Gasteiger partial charge in [0.05, 0.1) is 46.0 Å². The van der Waals surface area contributed by atoms with E-state index in [-0.39, 0.29) is 40.1 Å². The minimum atomic E-state index is -4.83. The Morgan fingerprint density at radius 1 is 1.00 bits per heavy atom. The lowest BCUT2D eigenvalue weighted by atomic mass is 9.52. The zero-order valence-electron chi connectivity index (χ0n) is 28.2. The molecule has 4 amide bonds. The fourth-order valence-corrected chi connectivity index (χ4v) is 8.69. The summed E-state index contributed by atoms with van der Waals surface area (Å²) in [7, 11) is 2.61. The van der Waals surface area contributed by atoms with Gasteiger partial charge in [-0.15, -0.1) is 0 Å². The van der Waals surface area contributed by atoms with Crippen LogP contribution < -0.4 is 14.6 Å². The number of phenols is 1. The molecule has 0 radical (unpaired) electrons. The van der Waals surface area contributed by atoms with Crippen molar-refractivity contribution in [2.24, 2.45) is 35.0 Å². The summed E-state index contributed by atoms with van der Waals surface area (Å²) in [5, 5.41) is 11.3. The van der Waals surface area contributed by atoms with Crippen LogP contribution in [0.4, 0.5) is 29.1 Å². The number of carbonyl (C=O) groups is 4. The number of methoxy groups -OCH3 is 1. The molecular formula is C37H30Cl2F4N4O6. The molecule has 2 saturated heterocycles. The standard InChI is InChI=1S/C37H30Cl2F4N4O6/c1-36-22(9-4-17-5-12-27(48)28(14-17)53-3)19-7-8-20-30(21(19)16-23(36)33(50)46(35(36)52)18-6-11-26(40)25(39)15-18)34(51)47(32(20)49)45(2)31-24(38)10-13-29(44-31)37(41,42)43/h4-7,9-15,20-23,30,48H,8,16H2,1-3H3/t20-,21+,22-,23-,30-,36-/m0/s1. The van der Waals surface area contributed by atoms with Crippen molar-refractivity contribution in [1.29, 1.82) is 0 Å². The zero-order chi connectivity index (χ0) is 38.3. The van der Waals surface area contributed by atoms with Gasteiger partial charge in [-0.3, -0.25) is 24.2 Å². The van der Waals surface area contributed by atoms with Gasteiger partial charge in [0.15, 0.2) is 17.3 Å². The van der Waals surface area contributed by atoms with E-state index in [1.54, 1.807) is 37.3 Å². The molecule has 7 rings (SSSR count). The van der Waals surface area contributed by atoms with Crippen molar-refractivity contribution >= 4 is 64.4 Å². The summed E-state index contributed by atoms with van der Waals surface area (Å²) in [5.41, 5.74) is -1.41. The number of rotatable bonds is 6. The van der Waals surface area contributed by atoms with Gasteiger partial charge in [0, 0.05) is 13.0 Å². The minimum Gasteiger partial charge on any atom is -0.504 e. The number of pyridine rings is 1. The first-order valence-electron chi connectivity index (χ1n) is 16.4. The van der Waals surface area contributed by atoms with Gasteiger partial charge in [-0.1, -0.05) is 53.1 Å². The summed E-state index contributed by atoms with van der Waals surface area (Å²) in [4.78, 5) is 61.7. The maximum atomic E-state index is 14.5. The number of fused-ring (bicyclic) bond motifs is 4. The number of phenolic OH excluding ortho intramolecular Hbond substituents is 1. The van der Waals surface area contributed by atoms with Crippen molar-refractivity contribution in [1.82, 2.24) is 9.99 Å². The predicted molar refractivity (Wildman–Crippen MR) is 185 cm³/mol. The van der Waals surface area contributed by atoms with Crippen LogP contribution in [0.15, 0.2) is 66.3 Å². The van der Waals surface area contributed by atoms with Crippen LogP contribution in [0.1, 0.15) is 31.0 Å². The Balaban J connectivity index is 1.31. The SMILES string of the molecule is COc1cc(C=C[C@H]2C3=CC[C@@H]4C(=O)N(N(C)c5nc(C(F)(F)F)ccc5Cl)C(=O)[C@@H]4[C@@H]3C[C@H]3C(=O)N(c4ccc(F)c(Cl)c4)C(=O)[C@@]23C)ccc1O. The molecule has 1 saturated carbocycles. The van der Waals surface area contributed by atoms with E-state index in [0.29, 0.717) is 17.2 Å². The van der Waals surface area contributed by atoms with Crippen LogP contribution in [-0.4, -0.2) is 52.9 Å². The van der Waals surface area contributed by atoms with Gasteiger partial charge in [-0.25, -0.2) is 14.3 Å². The number of hydrazine groups is 1. The van der Waals surface area contributed by atoms with Crippen molar-refractivity contribution in [3.05, 3.63) is 93.4 Å². The van der Waals surface area contributed by atoms with Crippen molar-refractivity contribution < 1.29 is 46.6 Å². The van der Waals surface area contributed by atoms with Crippen LogP contribution in [0.2, 0.25) is 10.0 Å². The van der Waals surface area contributed by atoms with Crippen molar-refractivity contribution in [3.8, 4) is 11.5 Å². The molecule has 0 unspecified atom stereocenters. The number of benzene rings is 2. The Kier molecular flexibility index (Phi) is 8.84. The van der Waals surface area contributed by atoms with Crippen LogP contribution >= 0.6 is 23.2 Å². The number of aromatic nitrogens is 1. The highest BCUT2D eigenvalue weighted by molar-refractivity contribution is 6.33. The largest absolute Gasteiger partial charge is 0.504 e. The first-order valence-corrected chi connectivity index (χ1v) is 17.2. The predicted octanol–water partition coefficient (Wildman–Crippen LogP) is 7.09. The van der Waals surface area contributed by atoms with Crippen LogP contribution in [0.3, 0.4) is 0 Å². The molecular weight excluding hydrogens is 743 g/mol. The molecule has 3 heterocycles. The number of allylic oxidation sites excluding steroid dienone is 3. The number of nitrogens with zero attached hydrogens (tertiary/aromatic N) is 4. The van der Waals surface area contributed by atoms with Crippen LogP contribution in [-0.2, 0) is 25.4 Å². The number of hydrogen-bond donors (Lipinski definition) is 1. The van der Waals surface area contributed by atoms with Crippen molar-refractivity contribution in [3.63, 3.8) is 0 Å². The third-order valence-corrected chi connectivity index (χ3v) is 11.5. The number of carbonyl (C=O) groups excluding carboxylic acids is 4. The topological polar surface area (TPSA) is 120 Å². The van der Waals surface area contributed by atoms with Gasteiger partial charge in [0.25, 0.3) is 11.8 Å². The molecule has 16 heteroatoms. The lowest BCUT2D eigenvalue weighted by molar-refractivity contribution is -0.141. The lowest BCUT2D eigenvalue weighted by Gasteiger charge is -2.47. The summed E-state index contributed by atoms with van der Waals surface area (Å²) in [6.07, 6.45) is 0.443. The molecule has 2 aliphatic carbocycles. The van der Waals surface area contributed by atoms with E-state index >= 15 is 0 Å². The van der Waals surface area contributed by atoms with E-state index in [9.17, 15) is 41.8 Å². The molecule has 2 aliphatic heterocycles. The number of aromatic hydroxyl groups is 1. The quantitative estimate of drug-likeness (QED) is 0.160. The third kappa shape index (κ3) is 5.65. The van der Waals surface area contributed by atoms with E-state index in [2.05, 4.69) is 4.98 Å². The molecule has 1 aromatic heterocycles. The van der Waals surface area contributed by atoms with Crippen LogP contribution in [0.5, 0.6) is 11.5 Å². The Hall–Kier alpha value is -4.95. The maximum absolute atomic E-state index is 14.5. The van der Waals surface area contributed by atoms with Gasteiger partial charge in [-0.05, 0) is 73.7 Å². The fraction of sp³-hybridized carbons (Fsp3) is 0.324. The second-order valence-corrected chi connectivity index (χ2v) is 14.4. The first kappa shape index (κ1) is 36.4. The van der Waals surface area contributed by atoms with Gasteiger partial charge < -0.3 is 9.84 Å². The van der Waals surface area contributed by atoms with Crippen molar-refractivity contribution in [2.45, 2.75) is 25.9 Å². The number of hydrogen-bond acceptors (Lipinski definition) is 8. The Bertz CT molecular complexity index is 2160. The number of ether oxygens (including phenoxy) is 1. The van der Waals surface area contributed by atoms with Gasteiger partial charge in [-0.2, -0.15) is 18.2 Å². The monoisotopic (exact) mass is 772 g/mol. The average molecular weight is 774 g/mol. The molecule has 53 heavy (non-hydrogen) atoms. The van der Waals surface area contributed by atoms with Crippen molar-refractivity contribution in [2.75, 3.05) is 24.1 Å². The van der Waals surface area contributed by atoms with Gasteiger partial charge in [0.1, 0.15) is 11.5 Å². The summed E-state index contributed by atoms with van der Waals surface area (Å²) in [6, 6.07) is 9.79. The van der Waals surface area contributed by atoms with Crippen LogP contribution in [0, 0.1) is 40.8 Å². The molecule has 4 aliphatic rings. The highest BCUT2D eigenvalue weighted by Crippen LogP contribution is 2.61. The van der Waals surface area contributed by atoms with Crippen LogP contribution in [0.25, 0.3) is 6.08 Å². The molecule has 10 nitrogen and oxygen atoms in total. The number of alkyl halides is 3. The second-order valence-electron chi connectivity index (χ2n) is 13.6. The Morgan fingerprint density at radius 3 is 2.42 bits per heavy atom. The molecule has 0 bridgehead atoms. The molecule has 2 aromatic carbocycles. The maximum Gasteiger partial charge on any atom is 0.433 e. The Labute approximate surface area is 310 Å². The van der Waals surface area contributed by atoms with E-state index in [4.69, 9.17) is 27.9 Å². The lowest BCUT2D eigenvalue weighted by Crippen LogP contribution is -2.50. The summed E-state index contributed by atoms with van der Waals surface area (Å²) in [6.45, 7) is 1.65. The van der Waals surface area contributed by atoms with E-state index < -0.39 is 82.1 Å². The molecule has 0 spiro atoms. The molecule has 6 atom stereocenters. The van der Waals surface area contributed by atoms with E-state index in [1.165, 1.54) is 32.4 Å². The molecule has 3 fully saturated rings. The Morgan fingerprint density at radius 2 is 1.74 bits per heavy atom. The minimum absolute atomic E-state index is 0.0178. The zero-order valence-corrected chi connectivity index (χ0v) is 29.7. The highest BCUT2D eigenvalue weighted by Gasteiger charge is 2.67. The summed E-state index contributed by atoms with van der Waals surface area (Å²) >= 11 is 12.3. The fourth-order valence-electron chi connectivity index (χ4n) is 8.28. The number of imide groups is 2. The average Bonchev–Trinajstić information content (AvgIpc) is 3.48. The van der Waals surface area contributed by atoms with Gasteiger partial charge >= 0.3 is 6.18 Å². The molecule has 276 valence electrons. The number of halogens is 6. The second kappa shape index (κ2) is 12.9. The van der Waals surface area contributed by atoms with E-state index in [0.717, 1.165) is 27.1 Å². The summed E-state index contributed by atoms with van der Waals surface area (Å²) in [5.74, 6) is -8.22. The first-order chi connectivity index (χ1) is 25.0. The molecule has 3 aromatic rings. The highest BCUT2D eigenvalue weighted by atomic mass is 35.5. The molecule has 1 N–H and O–H groups in total.